The van der Waals surface area contributed by atoms with Crippen molar-refractivity contribution in [1.82, 2.24) is 9.78 Å². The average Bonchev–Trinajstić information content (AvgIpc) is 2.76. The number of nitrogens with zero attached hydrogens (tertiary/aromatic N) is 2. The van der Waals surface area contributed by atoms with Gasteiger partial charge in [-0.25, -0.2) is 4.68 Å². The van der Waals surface area contributed by atoms with Crippen LogP contribution < -0.4 is 9.84 Å². The largest absolute Gasteiger partial charge is 0.543 e. The highest BCUT2D eigenvalue weighted by atomic mass is 16.5. The molecule has 0 radical (unpaired) electrons. The van der Waals surface area contributed by atoms with E-state index in [9.17, 15) is 9.90 Å². The number of hydrogen-bond acceptors (Lipinski definition) is 4. The van der Waals surface area contributed by atoms with Gasteiger partial charge in [0.2, 0.25) is 0 Å². The van der Waals surface area contributed by atoms with E-state index >= 15 is 0 Å². The number of carbonyl (C=O) groups excluding carboxylic acids is 1. The van der Waals surface area contributed by atoms with Crippen LogP contribution in [0.3, 0.4) is 0 Å². The molecule has 0 unspecified atom stereocenters. The van der Waals surface area contributed by atoms with Crippen molar-refractivity contribution in [3.63, 3.8) is 0 Å². The van der Waals surface area contributed by atoms with Crippen molar-refractivity contribution in [3.05, 3.63) is 47.3 Å². The van der Waals surface area contributed by atoms with Gasteiger partial charge in [0.15, 0.2) is 6.73 Å². The molecular formula is C13H13N2O3-. The van der Waals surface area contributed by atoms with Gasteiger partial charge in [0, 0.05) is 6.20 Å². The van der Waals surface area contributed by atoms with Crippen molar-refractivity contribution in [3.8, 4) is 5.75 Å². The predicted octanol–water partition coefficient (Wildman–Crippen LogP) is 0.900. The minimum absolute atomic E-state index is 0.0979. The molecule has 0 spiro atoms. The van der Waals surface area contributed by atoms with E-state index in [1.807, 2.05) is 32.0 Å². The van der Waals surface area contributed by atoms with Gasteiger partial charge in [-0.3, -0.25) is 0 Å². The van der Waals surface area contributed by atoms with E-state index in [0.29, 0.717) is 0 Å². The number of hydrogen-bond donors (Lipinski definition) is 0. The Morgan fingerprint density at radius 3 is 2.78 bits per heavy atom. The highest BCUT2D eigenvalue weighted by Gasteiger charge is 2.02. The highest BCUT2D eigenvalue weighted by molar-refractivity contribution is 5.83. The standard InChI is InChI=1S/C13H14N2O3/c1-9-3-4-12(10(2)7-9)18-8-15-6-5-11(14-15)13(16)17/h3-7H,8H2,1-2H3,(H,16,17)/p-1. The molecule has 0 aliphatic carbocycles. The van der Waals surface area contributed by atoms with Crippen LogP contribution in [-0.2, 0) is 6.73 Å². The van der Waals surface area contributed by atoms with E-state index in [1.165, 1.54) is 16.9 Å². The summed E-state index contributed by atoms with van der Waals surface area (Å²) < 4.78 is 6.97. The lowest BCUT2D eigenvalue weighted by Crippen LogP contribution is -2.23. The Balaban J connectivity index is 2.04. The molecule has 0 N–H and O–H groups in total. The number of carbonyl (C=O) groups is 1. The summed E-state index contributed by atoms with van der Waals surface area (Å²) in [6.45, 7) is 4.13. The monoisotopic (exact) mass is 245 g/mol. The lowest BCUT2D eigenvalue weighted by atomic mass is 10.1. The Labute approximate surface area is 105 Å². The van der Waals surface area contributed by atoms with E-state index in [1.54, 1.807) is 0 Å². The van der Waals surface area contributed by atoms with Crippen LogP contribution in [0.5, 0.6) is 5.75 Å². The molecule has 0 fully saturated rings. The molecule has 0 aliphatic rings. The van der Waals surface area contributed by atoms with E-state index < -0.39 is 5.97 Å². The first kappa shape index (κ1) is 12.2. The van der Waals surface area contributed by atoms with Gasteiger partial charge in [-0.1, -0.05) is 17.7 Å². The van der Waals surface area contributed by atoms with E-state index in [0.717, 1.165) is 16.9 Å². The average molecular weight is 245 g/mol. The van der Waals surface area contributed by atoms with Crippen molar-refractivity contribution in [1.29, 1.82) is 0 Å². The number of ether oxygens (including phenoxy) is 1. The number of rotatable bonds is 4. The van der Waals surface area contributed by atoms with Gasteiger partial charge in [0.05, 0.1) is 5.97 Å². The molecule has 94 valence electrons. The van der Waals surface area contributed by atoms with Gasteiger partial charge in [0.1, 0.15) is 11.4 Å². The second kappa shape index (κ2) is 4.91. The maximum atomic E-state index is 10.6. The van der Waals surface area contributed by atoms with Crippen LogP contribution in [0.1, 0.15) is 21.6 Å². The molecule has 5 heteroatoms. The third kappa shape index (κ3) is 2.68. The quantitative estimate of drug-likeness (QED) is 0.802. The Hall–Kier alpha value is -2.30. The maximum absolute atomic E-state index is 10.6. The zero-order chi connectivity index (χ0) is 13.1. The summed E-state index contributed by atoms with van der Waals surface area (Å²) >= 11 is 0. The molecular weight excluding hydrogens is 232 g/mol. The summed E-state index contributed by atoms with van der Waals surface area (Å²) in [6.07, 6.45) is 1.54. The van der Waals surface area contributed by atoms with Crippen LogP contribution in [0.4, 0.5) is 0 Å². The van der Waals surface area contributed by atoms with Gasteiger partial charge in [0.25, 0.3) is 0 Å². The second-order valence-electron chi connectivity index (χ2n) is 4.07. The summed E-state index contributed by atoms with van der Waals surface area (Å²) in [6, 6.07) is 7.23. The molecule has 0 saturated heterocycles. The lowest BCUT2D eigenvalue weighted by molar-refractivity contribution is -0.255. The first-order valence-corrected chi connectivity index (χ1v) is 5.51. The van der Waals surface area contributed by atoms with Crippen LogP contribution in [0.15, 0.2) is 30.5 Å². The fourth-order valence-electron chi connectivity index (χ4n) is 1.64. The summed E-state index contributed by atoms with van der Waals surface area (Å²) in [5, 5.41) is 14.4. The Kier molecular flexibility index (Phi) is 3.32. The fourth-order valence-corrected chi connectivity index (χ4v) is 1.64. The smallest absolute Gasteiger partial charge is 0.180 e. The Bertz CT molecular complexity index is 575. The third-order valence-corrected chi connectivity index (χ3v) is 2.53. The molecule has 0 atom stereocenters. The first-order chi connectivity index (χ1) is 8.56. The Morgan fingerprint density at radius 1 is 1.39 bits per heavy atom. The zero-order valence-electron chi connectivity index (χ0n) is 10.2. The number of aromatic nitrogens is 2. The van der Waals surface area contributed by atoms with Gasteiger partial charge < -0.3 is 14.6 Å². The van der Waals surface area contributed by atoms with E-state index in [4.69, 9.17) is 4.74 Å². The number of carboxylic acid groups (broad SMARTS) is 1. The van der Waals surface area contributed by atoms with Crippen molar-refractivity contribution >= 4 is 5.97 Å². The SMILES string of the molecule is Cc1ccc(OCn2ccc(C(=O)[O-])n2)c(C)c1. The zero-order valence-corrected chi connectivity index (χ0v) is 10.2. The molecule has 2 aromatic rings. The van der Waals surface area contributed by atoms with Crippen molar-refractivity contribution in [2.24, 2.45) is 0 Å². The fraction of sp³-hybridized carbons (Fsp3) is 0.231. The molecule has 5 nitrogen and oxygen atoms in total. The topological polar surface area (TPSA) is 67.2 Å². The third-order valence-electron chi connectivity index (χ3n) is 2.53. The normalized spacial score (nSPS) is 10.3. The van der Waals surface area contributed by atoms with Gasteiger partial charge >= 0.3 is 0 Å². The first-order valence-electron chi connectivity index (χ1n) is 5.51. The summed E-state index contributed by atoms with van der Waals surface area (Å²) in [7, 11) is 0. The summed E-state index contributed by atoms with van der Waals surface area (Å²) in [4.78, 5) is 10.6. The molecule has 0 bridgehead atoms. The second-order valence-corrected chi connectivity index (χ2v) is 4.07. The van der Waals surface area contributed by atoms with Crippen LogP contribution in [0.25, 0.3) is 0 Å². The maximum Gasteiger partial charge on any atom is 0.180 e. The molecule has 0 saturated carbocycles. The predicted molar refractivity (Wildman–Crippen MR) is 63.1 cm³/mol. The number of aromatic carboxylic acids is 1. The molecule has 0 aliphatic heterocycles. The highest BCUT2D eigenvalue weighted by Crippen LogP contribution is 2.18. The van der Waals surface area contributed by atoms with Crippen LogP contribution >= 0.6 is 0 Å². The van der Waals surface area contributed by atoms with Crippen LogP contribution in [0.2, 0.25) is 0 Å². The minimum Gasteiger partial charge on any atom is -0.543 e. The number of aryl methyl sites for hydroxylation is 2. The van der Waals surface area contributed by atoms with Crippen LogP contribution in [-0.4, -0.2) is 15.7 Å². The van der Waals surface area contributed by atoms with Gasteiger partial charge in [-0.15, -0.1) is 0 Å². The Morgan fingerprint density at radius 2 is 2.17 bits per heavy atom. The summed E-state index contributed by atoms with van der Waals surface area (Å²) in [5.41, 5.74) is 2.10. The number of carboxylic acids is 1. The minimum atomic E-state index is -1.29. The van der Waals surface area contributed by atoms with Gasteiger partial charge in [-0.05, 0) is 31.5 Å². The molecule has 1 aromatic heterocycles. The van der Waals surface area contributed by atoms with Crippen molar-refractivity contribution < 1.29 is 14.6 Å². The van der Waals surface area contributed by atoms with E-state index in [-0.39, 0.29) is 12.4 Å². The summed E-state index contributed by atoms with van der Waals surface area (Å²) in [5.74, 6) is -0.536. The number of benzene rings is 1. The molecule has 1 heterocycles. The molecule has 0 amide bonds. The van der Waals surface area contributed by atoms with Crippen LogP contribution in [0, 0.1) is 13.8 Å². The molecule has 2 rings (SSSR count). The molecule has 1 aromatic carbocycles. The van der Waals surface area contributed by atoms with E-state index in [2.05, 4.69) is 5.10 Å². The van der Waals surface area contributed by atoms with Crippen molar-refractivity contribution in [2.75, 3.05) is 0 Å². The molecule has 18 heavy (non-hydrogen) atoms. The van der Waals surface area contributed by atoms with Crippen molar-refractivity contribution in [2.45, 2.75) is 20.6 Å². The van der Waals surface area contributed by atoms with Gasteiger partial charge in [-0.2, -0.15) is 5.10 Å². The lowest BCUT2D eigenvalue weighted by Gasteiger charge is -2.09.